The lowest BCUT2D eigenvalue weighted by Gasteiger charge is -2.02. The summed E-state index contributed by atoms with van der Waals surface area (Å²) < 4.78 is 18.6. The van der Waals surface area contributed by atoms with E-state index in [1.807, 2.05) is 0 Å². The van der Waals surface area contributed by atoms with Crippen molar-refractivity contribution in [2.24, 2.45) is 0 Å². The Morgan fingerprint density at radius 2 is 2.07 bits per heavy atom. The first-order chi connectivity index (χ1) is 7.22. The van der Waals surface area contributed by atoms with Gasteiger partial charge in [0.2, 0.25) is 0 Å². The molecule has 0 saturated carbocycles. The Labute approximate surface area is 87.0 Å². The quantitative estimate of drug-likeness (QED) is 0.819. The number of aliphatic hydroxyl groups excluding tert-OH is 1. The molecule has 2 rings (SSSR count). The topological polar surface area (TPSA) is 33.4 Å². The Kier molecular flexibility index (Phi) is 2.56. The van der Waals surface area contributed by atoms with Gasteiger partial charge in [-0.05, 0) is 30.7 Å². The molecule has 0 atom stereocenters. The predicted octanol–water partition coefficient (Wildman–Crippen LogP) is 2.89. The summed E-state index contributed by atoms with van der Waals surface area (Å²) in [5.41, 5.74) is 1.27. The van der Waals surface area contributed by atoms with Crippen molar-refractivity contribution in [3.05, 3.63) is 47.5 Å². The molecule has 0 aliphatic heterocycles. The zero-order valence-electron chi connectivity index (χ0n) is 8.33. The highest BCUT2D eigenvalue weighted by atomic mass is 19.1. The fourth-order valence-electron chi connectivity index (χ4n) is 1.48. The summed E-state index contributed by atoms with van der Waals surface area (Å²) in [6, 6.07) is 8.25. The van der Waals surface area contributed by atoms with Crippen LogP contribution in [0.3, 0.4) is 0 Å². The van der Waals surface area contributed by atoms with Crippen LogP contribution in [-0.4, -0.2) is 5.11 Å². The van der Waals surface area contributed by atoms with Crippen LogP contribution in [0.25, 0.3) is 11.3 Å². The molecule has 78 valence electrons. The van der Waals surface area contributed by atoms with Crippen LogP contribution in [0.4, 0.5) is 4.39 Å². The first-order valence-corrected chi connectivity index (χ1v) is 4.67. The van der Waals surface area contributed by atoms with Gasteiger partial charge in [0.15, 0.2) is 0 Å². The van der Waals surface area contributed by atoms with Crippen LogP contribution in [-0.2, 0) is 6.61 Å². The molecule has 1 aromatic carbocycles. The van der Waals surface area contributed by atoms with Gasteiger partial charge < -0.3 is 9.52 Å². The second kappa shape index (κ2) is 3.87. The molecule has 0 aliphatic carbocycles. The minimum absolute atomic E-state index is 0.144. The van der Waals surface area contributed by atoms with Crippen LogP contribution in [0, 0.1) is 12.7 Å². The van der Waals surface area contributed by atoms with Crippen molar-refractivity contribution in [2.75, 3.05) is 0 Å². The summed E-state index contributed by atoms with van der Waals surface area (Å²) in [5, 5.41) is 8.85. The molecular weight excluding hydrogens is 195 g/mol. The molecule has 0 unspecified atom stereocenters. The lowest BCUT2D eigenvalue weighted by Crippen LogP contribution is -1.86. The number of furan rings is 1. The average molecular weight is 206 g/mol. The Morgan fingerprint density at radius 3 is 2.73 bits per heavy atom. The number of benzene rings is 1. The molecule has 0 fully saturated rings. The minimum atomic E-state index is -0.255. The number of hydrogen-bond acceptors (Lipinski definition) is 2. The van der Waals surface area contributed by atoms with Crippen molar-refractivity contribution in [1.29, 1.82) is 0 Å². The Bertz CT molecular complexity index is 474. The fourth-order valence-corrected chi connectivity index (χ4v) is 1.48. The summed E-state index contributed by atoms with van der Waals surface area (Å²) >= 11 is 0. The van der Waals surface area contributed by atoms with E-state index in [2.05, 4.69) is 0 Å². The zero-order valence-corrected chi connectivity index (χ0v) is 8.33. The van der Waals surface area contributed by atoms with E-state index in [0.29, 0.717) is 17.1 Å². The summed E-state index contributed by atoms with van der Waals surface area (Å²) in [4.78, 5) is 0. The smallest absolute Gasteiger partial charge is 0.134 e. The van der Waals surface area contributed by atoms with Gasteiger partial charge in [-0.15, -0.1) is 0 Å². The van der Waals surface area contributed by atoms with Crippen LogP contribution in [0.1, 0.15) is 11.3 Å². The van der Waals surface area contributed by atoms with Gasteiger partial charge in [0.05, 0.1) is 0 Å². The second-order valence-electron chi connectivity index (χ2n) is 3.34. The molecule has 0 amide bonds. The van der Waals surface area contributed by atoms with E-state index in [0.717, 1.165) is 5.56 Å². The molecule has 2 aromatic rings. The van der Waals surface area contributed by atoms with E-state index in [-0.39, 0.29) is 12.4 Å². The van der Waals surface area contributed by atoms with E-state index in [9.17, 15) is 4.39 Å². The standard InChI is InChI=1S/C12H11FO2/c1-8-10(3-2-4-11(8)13)12-6-5-9(7-14)15-12/h2-6,14H,7H2,1H3. The van der Waals surface area contributed by atoms with Crippen LogP contribution in [0.2, 0.25) is 0 Å². The molecule has 0 radical (unpaired) electrons. The first-order valence-electron chi connectivity index (χ1n) is 4.67. The minimum Gasteiger partial charge on any atom is -0.459 e. The molecule has 0 spiro atoms. The molecule has 1 heterocycles. The Hall–Kier alpha value is -1.61. The van der Waals surface area contributed by atoms with Gasteiger partial charge in [-0.25, -0.2) is 4.39 Å². The van der Waals surface area contributed by atoms with Crippen molar-refractivity contribution < 1.29 is 13.9 Å². The van der Waals surface area contributed by atoms with E-state index < -0.39 is 0 Å². The van der Waals surface area contributed by atoms with Crippen LogP contribution >= 0.6 is 0 Å². The van der Waals surface area contributed by atoms with Gasteiger partial charge in [-0.1, -0.05) is 12.1 Å². The van der Waals surface area contributed by atoms with Crippen molar-refractivity contribution in [3.63, 3.8) is 0 Å². The fraction of sp³-hybridized carbons (Fsp3) is 0.167. The maximum Gasteiger partial charge on any atom is 0.134 e. The molecule has 0 saturated heterocycles. The van der Waals surface area contributed by atoms with E-state index in [1.165, 1.54) is 6.07 Å². The van der Waals surface area contributed by atoms with Gasteiger partial charge in [-0.3, -0.25) is 0 Å². The third kappa shape index (κ3) is 1.78. The van der Waals surface area contributed by atoms with Crippen LogP contribution in [0.15, 0.2) is 34.7 Å². The monoisotopic (exact) mass is 206 g/mol. The van der Waals surface area contributed by atoms with Crippen molar-refractivity contribution in [3.8, 4) is 11.3 Å². The van der Waals surface area contributed by atoms with Crippen molar-refractivity contribution in [1.82, 2.24) is 0 Å². The third-order valence-electron chi connectivity index (χ3n) is 2.35. The molecule has 1 N–H and O–H groups in total. The summed E-state index contributed by atoms with van der Waals surface area (Å²) in [6.45, 7) is 1.56. The molecule has 15 heavy (non-hydrogen) atoms. The third-order valence-corrected chi connectivity index (χ3v) is 2.35. The van der Waals surface area contributed by atoms with Gasteiger partial charge >= 0.3 is 0 Å². The molecule has 2 nitrogen and oxygen atoms in total. The predicted molar refractivity (Wildman–Crippen MR) is 54.8 cm³/mol. The molecular formula is C12H11FO2. The summed E-state index contributed by atoms with van der Waals surface area (Å²) in [7, 11) is 0. The van der Waals surface area contributed by atoms with E-state index in [1.54, 1.807) is 31.2 Å². The zero-order chi connectivity index (χ0) is 10.8. The second-order valence-corrected chi connectivity index (χ2v) is 3.34. The SMILES string of the molecule is Cc1c(F)cccc1-c1ccc(CO)o1. The molecule has 3 heteroatoms. The number of rotatable bonds is 2. The lowest BCUT2D eigenvalue weighted by molar-refractivity contribution is 0.248. The summed E-state index contributed by atoms with van der Waals surface area (Å²) in [6.07, 6.45) is 0. The lowest BCUT2D eigenvalue weighted by atomic mass is 10.1. The van der Waals surface area contributed by atoms with Crippen LogP contribution < -0.4 is 0 Å². The highest BCUT2D eigenvalue weighted by Crippen LogP contribution is 2.26. The van der Waals surface area contributed by atoms with Gasteiger partial charge in [-0.2, -0.15) is 0 Å². The maximum atomic E-state index is 13.3. The molecule has 1 aromatic heterocycles. The first kappa shape index (κ1) is 9.93. The van der Waals surface area contributed by atoms with Crippen molar-refractivity contribution in [2.45, 2.75) is 13.5 Å². The Balaban J connectivity index is 2.49. The van der Waals surface area contributed by atoms with E-state index in [4.69, 9.17) is 9.52 Å². The largest absolute Gasteiger partial charge is 0.459 e. The Morgan fingerprint density at radius 1 is 1.27 bits per heavy atom. The van der Waals surface area contributed by atoms with Crippen molar-refractivity contribution >= 4 is 0 Å². The normalized spacial score (nSPS) is 10.6. The number of halogens is 1. The number of aliphatic hydroxyl groups is 1. The average Bonchev–Trinajstić information content (AvgIpc) is 2.70. The van der Waals surface area contributed by atoms with Crippen LogP contribution in [0.5, 0.6) is 0 Å². The van der Waals surface area contributed by atoms with Gasteiger partial charge in [0.25, 0.3) is 0 Å². The molecule has 0 aliphatic rings. The highest BCUT2D eigenvalue weighted by molar-refractivity contribution is 5.62. The maximum absolute atomic E-state index is 13.3. The number of hydrogen-bond donors (Lipinski definition) is 1. The van der Waals surface area contributed by atoms with E-state index >= 15 is 0 Å². The van der Waals surface area contributed by atoms with Gasteiger partial charge in [0.1, 0.15) is 23.9 Å². The van der Waals surface area contributed by atoms with Gasteiger partial charge in [0, 0.05) is 5.56 Å². The summed E-state index contributed by atoms with van der Waals surface area (Å²) in [5.74, 6) is 0.805. The highest BCUT2D eigenvalue weighted by Gasteiger charge is 2.09. The molecule has 0 bridgehead atoms.